The fourth-order valence-electron chi connectivity index (χ4n) is 1.60. The van der Waals surface area contributed by atoms with Gasteiger partial charge in [-0.2, -0.15) is 5.10 Å². The summed E-state index contributed by atoms with van der Waals surface area (Å²) in [5, 5.41) is 6.56. The van der Waals surface area contributed by atoms with Crippen LogP contribution in [0, 0.1) is 6.92 Å². The quantitative estimate of drug-likeness (QED) is 0.812. The van der Waals surface area contributed by atoms with Crippen molar-refractivity contribution in [2.75, 3.05) is 0 Å². The van der Waals surface area contributed by atoms with Crippen molar-refractivity contribution in [3.63, 3.8) is 0 Å². The molecule has 7 heteroatoms. The fraction of sp³-hybridized carbons (Fsp3) is 0.333. The van der Waals surface area contributed by atoms with Crippen LogP contribution in [0.4, 0.5) is 0 Å². The molecule has 2 rings (SSSR count). The molecule has 0 saturated heterocycles. The Balaban J connectivity index is 1.94. The molecule has 0 spiro atoms. The zero-order valence-electron chi connectivity index (χ0n) is 10.8. The molecule has 2 aromatic heterocycles. The standard InChI is InChI=1S/C12H15N5O2/c1-9-3-4-13-5-10(9)6-14-11(18)7-17-12(19)16(2)8-15-17/h3-5,8H,6-7H2,1-2H3,(H,14,18). The van der Waals surface area contributed by atoms with Crippen LogP contribution in [0.25, 0.3) is 0 Å². The minimum atomic E-state index is -0.312. The maximum Gasteiger partial charge on any atom is 0.345 e. The Kier molecular flexibility index (Phi) is 3.74. The van der Waals surface area contributed by atoms with E-state index in [2.05, 4.69) is 15.4 Å². The van der Waals surface area contributed by atoms with Crippen LogP contribution < -0.4 is 11.0 Å². The maximum absolute atomic E-state index is 11.7. The van der Waals surface area contributed by atoms with Crippen molar-refractivity contribution < 1.29 is 4.79 Å². The first-order valence-corrected chi connectivity index (χ1v) is 5.82. The molecule has 19 heavy (non-hydrogen) atoms. The van der Waals surface area contributed by atoms with E-state index in [-0.39, 0.29) is 18.1 Å². The van der Waals surface area contributed by atoms with Gasteiger partial charge in [-0.25, -0.2) is 9.48 Å². The molecule has 0 aliphatic heterocycles. The normalized spacial score (nSPS) is 10.4. The highest BCUT2D eigenvalue weighted by Crippen LogP contribution is 2.03. The average Bonchev–Trinajstić information content (AvgIpc) is 2.70. The van der Waals surface area contributed by atoms with E-state index < -0.39 is 0 Å². The van der Waals surface area contributed by atoms with Gasteiger partial charge in [-0.15, -0.1) is 0 Å². The second-order valence-electron chi connectivity index (χ2n) is 4.26. The zero-order valence-corrected chi connectivity index (χ0v) is 10.8. The van der Waals surface area contributed by atoms with Crippen LogP contribution in [-0.4, -0.2) is 25.2 Å². The lowest BCUT2D eigenvalue weighted by atomic mass is 10.1. The lowest BCUT2D eigenvalue weighted by Gasteiger charge is -2.06. The molecular formula is C12H15N5O2. The maximum atomic E-state index is 11.7. The summed E-state index contributed by atoms with van der Waals surface area (Å²) in [4.78, 5) is 27.2. The summed E-state index contributed by atoms with van der Waals surface area (Å²) in [6.45, 7) is 2.26. The third-order valence-electron chi connectivity index (χ3n) is 2.80. The summed E-state index contributed by atoms with van der Waals surface area (Å²) in [5.41, 5.74) is 1.70. The molecule has 100 valence electrons. The van der Waals surface area contributed by atoms with Gasteiger partial charge in [0.15, 0.2) is 0 Å². The van der Waals surface area contributed by atoms with E-state index in [0.29, 0.717) is 6.54 Å². The Morgan fingerprint density at radius 3 is 2.89 bits per heavy atom. The van der Waals surface area contributed by atoms with Gasteiger partial charge in [0.05, 0.1) is 0 Å². The predicted molar refractivity (Wildman–Crippen MR) is 68.3 cm³/mol. The van der Waals surface area contributed by atoms with E-state index in [1.165, 1.54) is 10.9 Å². The first-order chi connectivity index (χ1) is 9.08. The first-order valence-electron chi connectivity index (χ1n) is 5.82. The van der Waals surface area contributed by atoms with Crippen LogP contribution in [0.2, 0.25) is 0 Å². The van der Waals surface area contributed by atoms with E-state index >= 15 is 0 Å². The minimum absolute atomic E-state index is 0.0843. The number of carbonyl (C=O) groups excluding carboxylic acids is 1. The molecule has 0 saturated carbocycles. The molecule has 0 aliphatic rings. The van der Waals surface area contributed by atoms with Gasteiger partial charge < -0.3 is 5.32 Å². The summed E-state index contributed by atoms with van der Waals surface area (Å²) in [6, 6.07) is 1.88. The largest absolute Gasteiger partial charge is 0.350 e. The number of aromatic nitrogens is 4. The molecule has 1 N–H and O–H groups in total. The zero-order chi connectivity index (χ0) is 13.8. The lowest BCUT2D eigenvalue weighted by Crippen LogP contribution is -2.33. The molecule has 0 radical (unpaired) electrons. The molecule has 1 amide bonds. The van der Waals surface area contributed by atoms with Gasteiger partial charge >= 0.3 is 5.69 Å². The van der Waals surface area contributed by atoms with Gasteiger partial charge in [0.2, 0.25) is 5.91 Å². The van der Waals surface area contributed by atoms with E-state index in [1.807, 2.05) is 13.0 Å². The van der Waals surface area contributed by atoms with Crippen molar-refractivity contribution in [3.05, 3.63) is 46.4 Å². The minimum Gasteiger partial charge on any atom is -0.350 e. The molecule has 7 nitrogen and oxygen atoms in total. The second-order valence-corrected chi connectivity index (χ2v) is 4.26. The van der Waals surface area contributed by atoms with Crippen LogP contribution in [0.3, 0.4) is 0 Å². The van der Waals surface area contributed by atoms with E-state index in [4.69, 9.17) is 0 Å². The number of rotatable bonds is 4. The number of aryl methyl sites for hydroxylation is 2. The van der Waals surface area contributed by atoms with Crippen LogP contribution in [-0.2, 0) is 24.9 Å². The van der Waals surface area contributed by atoms with Gasteiger partial charge in [0, 0.05) is 26.0 Å². The molecule has 0 aromatic carbocycles. The molecular weight excluding hydrogens is 246 g/mol. The number of hydrogen-bond acceptors (Lipinski definition) is 4. The van der Waals surface area contributed by atoms with Crippen molar-refractivity contribution in [1.29, 1.82) is 0 Å². The SMILES string of the molecule is Cc1ccncc1CNC(=O)Cn1ncn(C)c1=O. The number of hydrogen-bond donors (Lipinski definition) is 1. The number of nitrogens with one attached hydrogen (secondary N) is 1. The van der Waals surface area contributed by atoms with Crippen molar-refractivity contribution in [3.8, 4) is 0 Å². The van der Waals surface area contributed by atoms with Crippen molar-refractivity contribution in [2.45, 2.75) is 20.0 Å². The Bertz CT molecular complexity index is 644. The first kappa shape index (κ1) is 13.0. The summed E-state index contributed by atoms with van der Waals surface area (Å²) in [6.07, 6.45) is 4.79. The third-order valence-corrected chi connectivity index (χ3v) is 2.80. The monoisotopic (exact) mass is 261 g/mol. The smallest absolute Gasteiger partial charge is 0.345 e. The number of carbonyl (C=O) groups is 1. The summed E-state index contributed by atoms with van der Waals surface area (Å²) in [5.74, 6) is -0.260. The summed E-state index contributed by atoms with van der Waals surface area (Å²) >= 11 is 0. The Morgan fingerprint density at radius 2 is 2.26 bits per heavy atom. The Hall–Kier alpha value is -2.44. The van der Waals surface area contributed by atoms with Crippen LogP contribution in [0.5, 0.6) is 0 Å². The van der Waals surface area contributed by atoms with Crippen LogP contribution in [0.1, 0.15) is 11.1 Å². The molecule has 0 aliphatic carbocycles. The van der Waals surface area contributed by atoms with Gasteiger partial charge in [0.25, 0.3) is 0 Å². The van der Waals surface area contributed by atoms with E-state index in [9.17, 15) is 9.59 Å². The molecule has 0 unspecified atom stereocenters. The fourth-order valence-corrected chi connectivity index (χ4v) is 1.60. The van der Waals surface area contributed by atoms with Crippen molar-refractivity contribution in [2.24, 2.45) is 7.05 Å². The van der Waals surface area contributed by atoms with Crippen LogP contribution in [0.15, 0.2) is 29.6 Å². The summed E-state index contributed by atoms with van der Waals surface area (Å²) < 4.78 is 2.43. The molecule has 0 bridgehead atoms. The number of amides is 1. The third kappa shape index (κ3) is 3.06. The van der Waals surface area contributed by atoms with E-state index in [0.717, 1.165) is 15.8 Å². The topological polar surface area (TPSA) is 81.8 Å². The van der Waals surface area contributed by atoms with Crippen molar-refractivity contribution >= 4 is 5.91 Å². The highest BCUT2D eigenvalue weighted by molar-refractivity contribution is 5.75. The average molecular weight is 261 g/mol. The number of pyridine rings is 1. The predicted octanol–water partition coefficient (Wildman–Crippen LogP) is -0.398. The second kappa shape index (κ2) is 5.47. The van der Waals surface area contributed by atoms with Gasteiger partial charge in [0.1, 0.15) is 12.9 Å². The van der Waals surface area contributed by atoms with Gasteiger partial charge in [-0.1, -0.05) is 0 Å². The number of nitrogens with zero attached hydrogens (tertiary/aromatic N) is 4. The summed E-state index contributed by atoms with van der Waals surface area (Å²) in [7, 11) is 1.59. The molecule has 0 atom stereocenters. The molecule has 2 heterocycles. The Labute approximate surface area is 109 Å². The van der Waals surface area contributed by atoms with Gasteiger partial charge in [-0.3, -0.25) is 14.3 Å². The van der Waals surface area contributed by atoms with Gasteiger partial charge in [-0.05, 0) is 24.1 Å². The molecule has 0 fully saturated rings. The Morgan fingerprint density at radius 1 is 1.47 bits per heavy atom. The molecule has 2 aromatic rings. The highest BCUT2D eigenvalue weighted by atomic mass is 16.2. The van der Waals surface area contributed by atoms with Crippen molar-refractivity contribution in [1.82, 2.24) is 24.6 Å². The van der Waals surface area contributed by atoms with Crippen LogP contribution >= 0.6 is 0 Å². The lowest BCUT2D eigenvalue weighted by molar-refractivity contribution is -0.122. The highest BCUT2D eigenvalue weighted by Gasteiger charge is 2.08. The van der Waals surface area contributed by atoms with E-state index in [1.54, 1.807) is 19.4 Å².